The van der Waals surface area contributed by atoms with Gasteiger partial charge in [0.05, 0.1) is 6.61 Å². The molecule has 2 aliphatic heterocycles. The lowest BCUT2D eigenvalue weighted by atomic mass is 9.88. The van der Waals surface area contributed by atoms with E-state index in [2.05, 4.69) is 58.3 Å². The molecule has 118 valence electrons. The minimum Gasteiger partial charge on any atom is -0.493 e. The van der Waals surface area contributed by atoms with Crippen molar-refractivity contribution in [1.29, 1.82) is 0 Å². The molecule has 1 N–H and O–H groups in total. The molecule has 0 amide bonds. The molecule has 1 aromatic rings. The molecular weight excluding hydrogens is 352 g/mol. The van der Waals surface area contributed by atoms with Crippen LogP contribution in [0, 0.1) is 5.41 Å². The Kier molecular flexibility index (Phi) is 5.58. The highest BCUT2D eigenvalue weighted by Gasteiger charge is 2.33. The van der Waals surface area contributed by atoms with Crippen LogP contribution in [0.5, 0.6) is 5.75 Å². The van der Waals surface area contributed by atoms with Gasteiger partial charge >= 0.3 is 0 Å². The van der Waals surface area contributed by atoms with Crippen LogP contribution in [0.15, 0.2) is 22.7 Å². The Morgan fingerprint density at radius 3 is 3.00 bits per heavy atom. The lowest BCUT2D eigenvalue weighted by Gasteiger charge is -2.37. The molecule has 0 radical (unpaired) electrons. The molecule has 0 saturated carbocycles. The fourth-order valence-corrected chi connectivity index (χ4v) is 3.90. The van der Waals surface area contributed by atoms with Crippen molar-refractivity contribution in [3.05, 3.63) is 28.2 Å². The van der Waals surface area contributed by atoms with E-state index in [1.165, 1.54) is 12.0 Å². The van der Waals surface area contributed by atoms with Crippen molar-refractivity contribution < 1.29 is 4.74 Å². The fourth-order valence-electron chi connectivity index (χ4n) is 3.52. The van der Waals surface area contributed by atoms with Gasteiger partial charge in [0.1, 0.15) is 5.75 Å². The van der Waals surface area contributed by atoms with E-state index in [9.17, 15) is 0 Å². The van der Waals surface area contributed by atoms with Gasteiger partial charge in [-0.2, -0.15) is 0 Å². The molecule has 2 aliphatic rings. The summed E-state index contributed by atoms with van der Waals surface area (Å²) in [5, 5.41) is 3.49. The van der Waals surface area contributed by atoms with Gasteiger partial charge in [-0.25, -0.2) is 0 Å². The van der Waals surface area contributed by atoms with E-state index in [-0.39, 0.29) is 12.4 Å². The smallest absolute Gasteiger partial charge is 0.124 e. The summed E-state index contributed by atoms with van der Waals surface area (Å²) in [6.45, 7) is 6.63. The molecule has 2 unspecified atom stereocenters. The van der Waals surface area contributed by atoms with E-state index in [0.717, 1.165) is 42.9 Å². The second kappa shape index (κ2) is 6.86. The van der Waals surface area contributed by atoms with Gasteiger partial charge in [-0.3, -0.25) is 4.90 Å². The summed E-state index contributed by atoms with van der Waals surface area (Å²) in [5.41, 5.74) is 1.72. The standard InChI is InChI=1S/C16H23BrN2O.ClH/c1-16(6-7-18-10-16)11-19(2)14-5-8-20-15-4-3-12(17)9-13(14)15;/h3-4,9,14,18H,5-8,10-11H2,1-2H3;1H. The maximum Gasteiger partial charge on any atom is 0.124 e. The summed E-state index contributed by atoms with van der Waals surface area (Å²) in [6.07, 6.45) is 2.34. The predicted molar refractivity (Wildman–Crippen MR) is 92.5 cm³/mol. The summed E-state index contributed by atoms with van der Waals surface area (Å²) in [6, 6.07) is 6.82. The molecule has 3 nitrogen and oxygen atoms in total. The molecule has 0 aromatic heterocycles. The third kappa shape index (κ3) is 3.73. The molecule has 3 rings (SSSR count). The van der Waals surface area contributed by atoms with Crippen LogP contribution in [0.3, 0.4) is 0 Å². The van der Waals surface area contributed by atoms with Crippen LogP contribution in [0.4, 0.5) is 0 Å². The monoisotopic (exact) mass is 374 g/mol. The topological polar surface area (TPSA) is 24.5 Å². The van der Waals surface area contributed by atoms with Crippen LogP contribution in [0.25, 0.3) is 0 Å². The third-order valence-electron chi connectivity index (χ3n) is 4.60. The number of fused-ring (bicyclic) bond motifs is 1. The fraction of sp³-hybridized carbons (Fsp3) is 0.625. The van der Waals surface area contributed by atoms with Crippen LogP contribution in [-0.2, 0) is 0 Å². The SMILES string of the molecule is CN(CC1(C)CCNC1)C1CCOc2ccc(Br)cc21.Cl. The average Bonchev–Trinajstić information content (AvgIpc) is 2.84. The molecule has 0 spiro atoms. The molecule has 21 heavy (non-hydrogen) atoms. The van der Waals surface area contributed by atoms with Crippen LogP contribution >= 0.6 is 28.3 Å². The summed E-state index contributed by atoms with van der Waals surface area (Å²) < 4.78 is 6.93. The van der Waals surface area contributed by atoms with Crippen molar-refractivity contribution in [2.45, 2.75) is 25.8 Å². The van der Waals surface area contributed by atoms with Crippen molar-refractivity contribution in [2.24, 2.45) is 5.41 Å². The number of hydrogen-bond donors (Lipinski definition) is 1. The van der Waals surface area contributed by atoms with Crippen molar-refractivity contribution >= 4 is 28.3 Å². The highest BCUT2D eigenvalue weighted by atomic mass is 79.9. The molecule has 0 aliphatic carbocycles. The molecule has 2 heterocycles. The highest BCUT2D eigenvalue weighted by molar-refractivity contribution is 9.10. The van der Waals surface area contributed by atoms with Gasteiger partial charge in [0.25, 0.3) is 0 Å². The van der Waals surface area contributed by atoms with E-state index < -0.39 is 0 Å². The van der Waals surface area contributed by atoms with E-state index in [4.69, 9.17) is 4.74 Å². The van der Waals surface area contributed by atoms with Gasteiger partial charge in [-0.1, -0.05) is 22.9 Å². The van der Waals surface area contributed by atoms with Gasteiger partial charge in [-0.15, -0.1) is 12.4 Å². The van der Waals surface area contributed by atoms with E-state index in [0.29, 0.717) is 11.5 Å². The largest absolute Gasteiger partial charge is 0.493 e. The molecular formula is C16H24BrClN2O. The Labute approximate surface area is 142 Å². The Morgan fingerprint density at radius 2 is 2.29 bits per heavy atom. The lowest BCUT2D eigenvalue weighted by molar-refractivity contribution is 0.122. The summed E-state index contributed by atoms with van der Waals surface area (Å²) >= 11 is 3.58. The number of rotatable bonds is 3. The summed E-state index contributed by atoms with van der Waals surface area (Å²) in [4.78, 5) is 2.51. The van der Waals surface area contributed by atoms with E-state index in [1.807, 2.05) is 0 Å². The number of nitrogens with zero attached hydrogens (tertiary/aromatic N) is 1. The van der Waals surface area contributed by atoms with Gasteiger partial charge in [0.15, 0.2) is 0 Å². The van der Waals surface area contributed by atoms with Gasteiger partial charge in [0, 0.05) is 35.6 Å². The van der Waals surface area contributed by atoms with Gasteiger partial charge in [0.2, 0.25) is 0 Å². The Balaban J connectivity index is 0.00000161. The number of halogens is 2. The Bertz CT molecular complexity index is 491. The van der Waals surface area contributed by atoms with Crippen molar-refractivity contribution in [2.75, 3.05) is 33.3 Å². The molecule has 1 aromatic carbocycles. The minimum atomic E-state index is 0. The second-order valence-electron chi connectivity index (χ2n) is 6.49. The first kappa shape index (κ1) is 17.1. The normalized spacial score (nSPS) is 27.9. The van der Waals surface area contributed by atoms with Crippen molar-refractivity contribution in [1.82, 2.24) is 10.2 Å². The average molecular weight is 376 g/mol. The maximum absolute atomic E-state index is 5.79. The first-order valence-electron chi connectivity index (χ1n) is 7.41. The Hall–Kier alpha value is -0.290. The second-order valence-corrected chi connectivity index (χ2v) is 7.40. The number of hydrogen-bond acceptors (Lipinski definition) is 3. The molecule has 1 fully saturated rings. The first-order chi connectivity index (χ1) is 9.57. The first-order valence-corrected chi connectivity index (χ1v) is 8.20. The van der Waals surface area contributed by atoms with Crippen LogP contribution < -0.4 is 10.1 Å². The van der Waals surface area contributed by atoms with Crippen LogP contribution in [0.2, 0.25) is 0 Å². The molecule has 2 atom stereocenters. The molecule has 1 saturated heterocycles. The zero-order valence-corrected chi connectivity index (χ0v) is 15.1. The van der Waals surface area contributed by atoms with Crippen molar-refractivity contribution in [3.63, 3.8) is 0 Å². The van der Waals surface area contributed by atoms with E-state index >= 15 is 0 Å². The molecule has 5 heteroatoms. The number of ether oxygens (including phenoxy) is 1. The van der Waals surface area contributed by atoms with Crippen LogP contribution in [-0.4, -0.2) is 38.2 Å². The summed E-state index contributed by atoms with van der Waals surface area (Å²) in [5.74, 6) is 1.05. The van der Waals surface area contributed by atoms with Crippen molar-refractivity contribution in [3.8, 4) is 5.75 Å². The zero-order chi connectivity index (χ0) is 14.2. The zero-order valence-electron chi connectivity index (χ0n) is 12.7. The highest BCUT2D eigenvalue weighted by Crippen LogP contribution is 2.38. The maximum atomic E-state index is 5.79. The van der Waals surface area contributed by atoms with Crippen LogP contribution in [0.1, 0.15) is 31.4 Å². The predicted octanol–water partition coefficient (Wildman–Crippen LogP) is 3.63. The van der Waals surface area contributed by atoms with Gasteiger partial charge in [-0.05, 0) is 43.6 Å². The third-order valence-corrected chi connectivity index (χ3v) is 5.09. The van der Waals surface area contributed by atoms with E-state index in [1.54, 1.807) is 0 Å². The number of benzene rings is 1. The Morgan fingerprint density at radius 1 is 1.48 bits per heavy atom. The minimum absolute atomic E-state index is 0. The summed E-state index contributed by atoms with van der Waals surface area (Å²) in [7, 11) is 2.25. The quantitative estimate of drug-likeness (QED) is 0.873. The number of nitrogens with one attached hydrogen (secondary N) is 1. The molecule has 0 bridgehead atoms. The van der Waals surface area contributed by atoms with Gasteiger partial charge < -0.3 is 10.1 Å². The lowest BCUT2D eigenvalue weighted by Crippen LogP contribution is -2.38.